The number of H-pyrrole nitrogens is 2. The SMILES string of the molecule is Cn1c(=O)[nH]c2[nH]c(=O)c(C(=O)O)cc2c1=O. The zero-order valence-electron chi connectivity index (χ0n) is 8.60. The molecule has 0 fully saturated rings. The van der Waals surface area contributed by atoms with Crippen molar-refractivity contribution in [3.63, 3.8) is 0 Å². The van der Waals surface area contributed by atoms with Gasteiger partial charge in [-0.05, 0) is 6.07 Å². The topological polar surface area (TPSA) is 125 Å². The van der Waals surface area contributed by atoms with Crippen molar-refractivity contribution in [2.75, 3.05) is 0 Å². The Labute approximate surface area is 92.2 Å². The van der Waals surface area contributed by atoms with Gasteiger partial charge in [0.25, 0.3) is 11.1 Å². The first kappa shape index (κ1) is 10.9. The summed E-state index contributed by atoms with van der Waals surface area (Å²) in [6.45, 7) is 0. The van der Waals surface area contributed by atoms with Gasteiger partial charge in [-0.15, -0.1) is 0 Å². The van der Waals surface area contributed by atoms with Gasteiger partial charge in [0.05, 0.1) is 5.39 Å². The van der Waals surface area contributed by atoms with Gasteiger partial charge in [-0.25, -0.2) is 9.59 Å². The minimum absolute atomic E-state index is 0.0656. The van der Waals surface area contributed by atoms with Crippen LogP contribution in [-0.2, 0) is 7.05 Å². The predicted octanol–water partition coefficient (Wildman–Crippen LogP) is -1.39. The fourth-order valence-corrected chi connectivity index (χ4v) is 1.42. The summed E-state index contributed by atoms with van der Waals surface area (Å²) >= 11 is 0. The largest absolute Gasteiger partial charge is 0.477 e. The van der Waals surface area contributed by atoms with Crippen molar-refractivity contribution >= 4 is 17.0 Å². The van der Waals surface area contributed by atoms with Crippen LogP contribution in [0.3, 0.4) is 0 Å². The molecule has 2 aromatic rings. The average molecular weight is 237 g/mol. The monoisotopic (exact) mass is 237 g/mol. The van der Waals surface area contributed by atoms with E-state index in [2.05, 4.69) is 9.97 Å². The molecule has 2 heterocycles. The van der Waals surface area contributed by atoms with Gasteiger partial charge >= 0.3 is 11.7 Å². The minimum atomic E-state index is -1.44. The first-order chi connectivity index (χ1) is 7.91. The van der Waals surface area contributed by atoms with Crippen molar-refractivity contribution < 1.29 is 9.90 Å². The van der Waals surface area contributed by atoms with Crippen LogP contribution in [0.25, 0.3) is 11.0 Å². The molecule has 8 nitrogen and oxygen atoms in total. The Morgan fingerprint density at radius 3 is 2.53 bits per heavy atom. The Morgan fingerprint density at radius 1 is 1.29 bits per heavy atom. The molecule has 0 aliphatic heterocycles. The molecule has 2 rings (SSSR count). The van der Waals surface area contributed by atoms with E-state index in [4.69, 9.17) is 5.11 Å². The Kier molecular flexibility index (Phi) is 2.20. The van der Waals surface area contributed by atoms with Crippen LogP contribution in [0.1, 0.15) is 10.4 Å². The number of nitrogens with zero attached hydrogens (tertiary/aromatic N) is 1. The molecule has 0 saturated heterocycles. The van der Waals surface area contributed by atoms with Gasteiger partial charge in [0, 0.05) is 7.05 Å². The number of hydrogen-bond donors (Lipinski definition) is 3. The first-order valence-electron chi connectivity index (χ1n) is 4.51. The van der Waals surface area contributed by atoms with Crippen LogP contribution in [0.4, 0.5) is 0 Å². The van der Waals surface area contributed by atoms with E-state index in [9.17, 15) is 19.2 Å². The number of carboxylic acid groups (broad SMARTS) is 1. The maximum absolute atomic E-state index is 11.7. The minimum Gasteiger partial charge on any atom is -0.477 e. The molecule has 0 aliphatic carbocycles. The van der Waals surface area contributed by atoms with Gasteiger partial charge in [0.2, 0.25) is 0 Å². The molecule has 17 heavy (non-hydrogen) atoms. The number of hydrogen-bond acceptors (Lipinski definition) is 4. The average Bonchev–Trinajstić information content (AvgIpc) is 2.25. The van der Waals surface area contributed by atoms with E-state index in [-0.39, 0.29) is 11.0 Å². The summed E-state index contributed by atoms with van der Waals surface area (Å²) in [4.78, 5) is 49.4. The third-order valence-electron chi connectivity index (χ3n) is 2.34. The highest BCUT2D eigenvalue weighted by Gasteiger charge is 2.13. The lowest BCUT2D eigenvalue weighted by molar-refractivity contribution is 0.0695. The number of nitrogens with one attached hydrogen (secondary N) is 2. The molecule has 0 aromatic carbocycles. The van der Waals surface area contributed by atoms with Crippen molar-refractivity contribution in [1.29, 1.82) is 0 Å². The number of rotatable bonds is 1. The summed E-state index contributed by atoms with van der Waals surface area (Å²) in [6, 6.07) is 0.939. The molecule has 2 aromatic heterocycles. The van der Waals surface area contributed by atoms with Crippen molar-refractivity contribution in [1.82, 2.24) is 14.5 Å². The van der Waals surface area contributed by atoms with E-state index >= 15 is 0 Å². The fourth-order valence-electron chi connectivity index (χ4n) is 1.42. The van der Waals surface area contributed by atoms with Crippen molar-refractivity contribution in [3.05, 3.63) is 42.8 Å². The van der Waals surface area contributed by atoms with Crippen molar-refractivity contribution in [3.8, 4) is 0 Å². The van der Waals surface area contributed by atoms with E-state index in [1.165, 1.54) is 7.05 Å². The Balaban J connectivity index is 3.06. The van der Waals surface area contributed by atoms with E-state index in [1.807, 2.05) is 0 Å². The Bertz CT molecular complexity index is 795. The number of aromatic carboxylic acids is 1. The van der Waals surface area contributed by atoms with E-state index in [0.29, 0.717) is 0 Å². The molecule has 0 saturated carbocycles. The maximum atomic E-state index is 11.7. The quantitative estimate of drug-likeness (QED) is 0.563. The standard InChI is InChI=1S/C9H7N3O5/c1-12-7(14)3-2-4(8(15)16)6(13)10-5(3)11-9(12)17/h2H,1H3,(H,15,16)(H2,10,11,13,17). The van der Waals surface area contributed by atoms with Crippen LogP contribution in [0.15, 0.2) is 20.4 Å². The number of carbonyl (C=O) groups is 1. The van der Waals surface area contributed by atoms with Crippen LogP contribution in [0.5, 0.6) is 0 Å². The molecular weight excluding hydrogens is 230 g/mol. The lowest BCUT2D eigenvalue weighted by atomic mass is 10.2. The molecule has 0 unspecified atom stereocenters. The van der Waals surface area contributed by atoms with Crippen LogP contribution in [0.2, 0.25) is 0 Å². The molecule has 0 atom stereocenters. The molecule has 0 radical (unpaired) electrons. The van der Waals surface area contributed by atoms with E-state index < -0.39 is 28.3 Å². The van der Waals surface area contributed by atoms with Crippen LogP contribution in [0, 0.1) is 0 Å². The summed E-state index contributed by atoms with van der Waals surface area (Å²) < 4.78 is 0.784. The van der Waals surface area contributed by atoms with Gasteiger partial charge in [0.1, 0.15) is 11.2 Å². The molecule has 8 heteroatoms. The van der Waals surface area contributed by atoms with E-state index in [0.717, 1.165) is 10.6 Å². The molecule has 88 valence electrons. The number of aromatic nitrogens is 3. The highest BCUT2D eigenvalue weighted by atomic mass is 16.4. The maximum Gasteiger partial charge on any atom is 0.341 e. The Morgan fingerprint density at radius 2 is 1.94 bits per heavy atom. The second-order valence-corrected chi connectivity index (χ2v) is 3.40. The van der Waals surface area contributed by atoms with Crippen LogP contribution >= 0.6 is 0 Å². The molecule has 0 spiro atoms. The van der Waals surface area contributed by atoms with Gasteiger partial charge in [-0.3, -0.25) is 19.1 Å². The first-order valence-corrected chi connectivity index (χ1v) is 4.51. The second kappa shape index (κ2) is 3.44. The summed E-state index contributed by atoms with van der Waals surface area (Å²) in [5.74, 6) is -1.44. The molecular formula is C9H7N3O5. The molecule has 0 bridgehead atoms. The highest BCUT2D eigenvalue weighted by Crippen LogP contribution is 2.01. The zero-order chi connectivity index (χ0) is 12.7. The molecule has 0 amide bonds. The van der Waals surface area contributed by atoms with E-state index in [1.54, 1.807) is 0 Å². The number of pyridine rings is 1. The lowest BCUT2D eigenvalue weighted by Crippen LogP contribution is -2.34. The van der Waals surface area contributed by atoms with Crippen molar-refractivity contribution in [2.45, 2.75) is 0 Å². The third-order valence-corrected chi connectivity index (χ3v) is 2.34. The van der Waals surface area contributed by atoms with Gasteiger partial charge in [-0.1, -0.05) is 0 Å². The third kappa shape index (κ3) is 1.55. The highest BCUT2D eigenvalue weighted by molar-refractivity contribution is 5.91. The van der Waals surface area contributed by atoms with Crippen LogP contribution < -0.4 is 16.8 Å². The summed E-state index contributed by atoms with van der Waals surface area (Å²) in [7, 11) is 1.24. The number of fused-ring (bicyclic) bond motifs is 1. The van der Waals surface area contributed by atoms with Crippen LogP contribution in [-0.4, -0.2) is 25.6 Å². The van der Waals surface area contributed by atoms with Gasteiger partial charge in [0.15, 0.2) is 0 Å². The number of aromatic amines is 2. The lowest BCUT2D eigenvalue weighted by Gasteiger charge is -2.01. The Hall–Kier alpha value is -2.64. The summed E-state index contributed by atoms with van der Waals surface area (Å²) in [5.41, 5.74) is -2.90. The summed E-state index contributed by atoms with van der Waals surface area (Å²) in [6.07, 6.45) is 0. The normalized spacial score (nSPS) is 10.6. The molecule has 3 N–H and O–H groups in total. The second-order valence-electron chi connectivity index (χ2n) is 3.40. The predicted molar refractivity (Wildman–Crippen MR) is 57.4 cm³/mol. The fraction of sp³-hybridized carbons (Fsp3) is 0.111. The molecule has 0 aliphatic rings. The van der Waals surface area contributed by atoms with Gasteiger partial charge in [-0.2, -0.15) is 0 Å². The smallest absolute Gasteiger partial charge is 0.341 e. The summed E-state index contributed by atoms with van der Waals surface area (Å²) in [5, 5.41) is 8.67. The number of carboxylic acids is 1. The van der Waals surface area contributed by atoms with Crippen molar-refractivity contribution in [2.24, 2.45) is 7.05 Å². The zero-order valence-corrected chi connectivity index (χ0v) is 8.60. The van der Waals surface area contributed by atoms with Gasteiger partial charge < -0.3 is 10.1 Å².